The highest BCUT2D eigenvalue weighted by molar-refractivity contribution is 5.92. The average molecular weight is 426 g/mol. The predicted octanol–water partition coefficient (Wildman–Crippen LogP) is 5.50. The van der Waals surface area contributed by atoms with Gasteiger partial charge in [-0.25, -0.2) is 9.97 Å². The minimum absolute atomic E-state index is 0.146. The number of hydrogen-bond donors (Lipinski definition) is 1. The van der Waals surface area contributed by atoms with Gasteiger partial charge in [-0.2, -0.15) is 0 Å². The summed E-state index contributed by atoms with van der Waals surface area (Å²) in [5.74, 6) is 1.64. The first-order chi connectivity index (χ1) is 15.7. The summed E-state index contributed by atoms with van der Waals surface area (Å²) in [5, 5.41) is 11.4. The summed E-state index contributed by atoms with van der Waals surface area (Å²) in [7, 11) is 0. The van der Waals surface area contributed by atoms with Gasteiger partial charge < -0.3 is 14.7 Å². The number of phenols is 1. The summed E-state index contributed by atoms with van der Waals surface area (Å²) in [6.07, 6.45) is 2.23. The lowest BCUT2D eigenvalue weighted by molar-refractivity contribution is 0.0315. The maximum Gasteiger partial charge on any atom is 0.165 e. The lowest BCUT2D eigenvalue weighted by Gasteiger charge is -2.34. The molecule has 162 valence electrons. The third-order valence-corrected chi connectivity index (χ3v) is 5.98. The van der Waals surface area contributed by atoms with Crippen molar-refractivity contribution in [3.8, 4) is 17.1 Å². The normalized spacial score (nSPS) is 16.4. The first-order valence-electron chi connectivity index (χ1n) is 11.1. The van der Waals surface area contributed by atoms with E-state index in [9.17, 15) is 5.11 Å². The molecule has 1 aromatic heterocycles. The topological polar surface area (TPSA) is 58.5 Å². The van der Waals surface area contributed by atoms with Crippen molar-refractivity contribution in [1.82, 2.24) is 9.97 Å². The van der Waals surface area contributed by atoms with Crippen LogP contribution in [0.4, 0.5) is 5.82 Å². The van der Waals surface area contributed by atoms with Crippen molar-refractivity contribution in [1.29, 1.82) is 0 Å². The number of phenolic OH excluding ortho intramolecular Hbond substituents is 1. The van der Waals surface area contributed by atoms with E-state index in [4.69, 9.17) is 14.7 Å². The zero-order valence-corrected chi connectivity index (χ0v) is 18.2. The van der Waals surface area contributed by atoms with Gasteiger partial charge in [0, 0.05) is 18.5 Å². The Morgan fingerprint density at radius 1 is 1.00 bits per heavy atom. The van der Waals surface area contributed by atoms with Crippen molar-refractivity contribution >= 4 is 16.7 Å². The number of para-hydroxylation sites is 1. The van der Waals surface area contributed by atoms with Gasteiger partial charge in [0.2, 0.25) is 0 Å². The second-order valence-corrected chi connectivity index (χ2v) is 8.42. The van der Waals surface area contributed by atoms with Crippen LogP contribution in [0, 0.1) is 6.92 Å². The van der Waals surface area contributed by atoms with E-state index in [0.717, 1.165) is 48.2 Å². The second kappa shape index (κ2) is 8.97. The molecule has 0 radical (unpaired) electrons. The molecule has 1 atom stereocenters. The molecule has 2 heterocycles. The fraction of sp³-hybridized carbons (Fsp3) is 0.259. The molecule has 1 fully saturated rings. The fourth-order valence-corrected chi connectivity index (χ4v) is 4.30. The molecule has 3 aromatic carbocycles. The molecule has 5 nitrogen and oxygen atoms in total. The van der Waals surface area contributed by atoms with E-state index in [1.807, 2.05) is 36.4 Å². The molecule has 0 bridgehead atoms. The standard InChI is InChI=1S/C27H27N3O2/c1-19-13-14-22-24(16-19)28-26(23-11-5-6-12-25(23)31)29-27(22)30-15-7-10-21(17-30)32-18-20-8-3-2-4-9-20/h2-6,8-9,11-14,16,21,31H,7,10,15,17-18H2,1H3. The molecule has 5 rings (SSSR count). The second-order valence-electron chi connectivity index (χ2n) is 8.42. The summed E-state index contributed by atoms with van der Waals surface area (Å²) in [5.41, 5.74) is 3.87. The number of nitrogens with zero attached hydrogens (tertiary/aromatic N) is 3. The van der Waals surface area contributed by atoms with Gasteiger partial charge in [0.25, 0.3) is 0 Å². The lowest BCUT2D eigenvalue weighted by Crippen LogP contribution is -2.40. The predicted molar refractivity (Wildman–Crippen MR) is 128 cm³/mol. The average Bonchev–Trinajstić information content (AvgIpc) is 2.83. The Bertz CT molecular complexity index is 1230. The first-order valence-corrected chi connectivity index (χ1v) is 11.1. The Hall–Kier alpha value is -3.44. The largest absolute Gasteiger partial charge is 0.507 e. The van der Waals surface area contributed by atoms with Crippen LogP contribution in [-0.2, 0) is 11.3 Å². The van der Waals surface area contributed by atoms with E-state index in [2.05, 4.69) is 42.2 Å². The van der Waals surface area contributed by atoms with Crippen molar-refractivity contribution in [3.63, 3.8) is 0 Å². The molecule has 32 heavy (non-hydrogen) atoms. The monoisotopic (exact) mass is 425 g/mol. The van der Waals surface area contributed by atoms with Gasteiger partial charge >= 0.3 is 0 Å². The number of anilines is 1. The Labute approximate surface area is 188 Å². The molecule has 5 heteroatoms. The number of rotatable bonds is 5. The summed E-state index contributed by atoms with van der Waals surface area (Å²) in [6, 6.07) is 23.8. The Morgan fingerprint density at radius 2 is 1.81 bits per heavy atom. The molecular formula is C27H27N3O2. The number of benzene rings is 3. The van der Waals surface area contributed by atoms with Crippen LogP contribution in [0.15, 0.2) is 72.8 Å². The molecule has 0 aliphatic carbocycles. The molecule has 0 amide bonds. The molecular weight excluding hydrogens is 398 g/mol. The van der Waals surface area contributed by atoms with Crippen LogP contribution in [0.5, 0.6) is 5.75 Å². The minimum Gasteiger partial charge on any atom is -0.507 e. The maximum absolute atomic E-state index is 10.4. The summed E-state index contributed by atoms with van der Waals surface area (Å²) < 4.78 is 6.26. The van der Waals surface area contributed by atoms with E-state index in [1.165, 1.54) is 5.56 Å². The maximum atomic E-state index is 10.4. The third-order valence-electron chi connectivity index (χ3n) is 5.98. The van der Waals surface area contributed by atoms with E-state index in [1.54, 1.807) is 6.07 Å². The molecule has 1 saturated heterocycles. The smallest absolute Gasteiger partial charge is 0.165 e. The lowest BCUT2D eigenvalue weighted by atomic mass is 10.1. The minimum atomic E-state index is 0.146. The van der Waals surface area contributed by atoms with Crippen molar-refractivity contribution in [2.45, 2.75) is 32.5 Å². The van der Waals surface area contributed by atoms with Crippen LogP contribution >= 0.6 is 0 Å². The quantitative estimate of drug-likeness (QED) is 0.458. The Kier molecular flexibility index (Phi) is 5.73. The SMILES string of the molecule is Cc1ccc2c(N3CCCC(OCc4ccccc4)C3)nc(-c3ccccc3O)nc2c1. The zero-order chi connectivity index (χ0) is 21.9. The van der Waals surface area contributed by atoms with Gasteiger partial charge in [0.1, 0.15) is 11.6 Å². The number of fused-ring (bicyclic) bond motifs is 1. The summed E-state index contributed by atoms with van der Waals surface area (Å²) >= 11 is 0. The van der Waals surface area contributed by atoms with E-state index in [-0.39, 0.29) is 11.9 Å². The number of ether oxygens (including phenoxy) is 1. The van der Waals surface area contributed by atoms with Crippen LogP contribution in [0.2, 0.25) is 0 Å². The van der Waals surface area contributed by atoms with Gasteiger partial charge in [0.15, 0.2) is 5.82 Å². The summed E-state index contributed by atoms with van der Waals surface area (Å²) in [6.45, 7) is 4.39. The zero-order valence-electron chi connectivity index (χ0n) is 18.2. The van der Waals surface area contributed by atoms with Crippen molar-refractivity contribution < 1.29 is 9.84 Å². The van der Waals surface area contributed by atoms with Crippen LogP contribution < -0.4 is 4.90 Å². The van der Waals surface area contributed by atoms with Gasteiger partial charge in [-0.3, -0.25) is 0 Å². The van der Waals surface area contributed by atoms with Crippen molar-refractivity contribution in [2.75, 3.05) is 18.0 Å². The highest BCUT2D eigenvalue weighted by atomic mass is 16.5. The van der Waals surface area contributed by atoms with Crippen LogP contribution in [-0.4, -0.2) is 34.3 Å². The molecule has 4 aromatic rings. The number of hydrogen-bond acceptors (Lipinski definition) is 5. The highest BCUT2D eigenvalue weighted by Crippen LogP contribution is 2.33. The van der Waals surface area contributed by atoms with Gasteiger partial charge in [0.05, 0.1) is 23.8 Å². The van der Waals surface area contributed by atoms with Gasteiger partial charge in [-0.15, -0.1) is 0 Å². The molecule has 0 spiro atoms. The van der Waals surface area contributed by atoms with Crippen LogP contribution in [0.1, 0.15) is 24.0 Å². The number of aromatic nitrogens is 2. The highest BCUT2D eigenvalue weighted by Gasteiger charge is 2.24. The molecule has 1 N–H and O–H groups in total. The Balaban J connectivity index is 1.47. The van der Waals surface area contributed by atoms with Crippen LogP contribution in [0.25, 0.3) is 22.3 Å². The summed E-state index contributed by atoms with van der Waals surface area (Å²) in [4.78, 5) is 12.0. The third kappa shape index (κ3) is 4.30. The van der Waals surface area contributed by atoms with Gasteiger partial charge in [-0.1, -0.05) is 48.5 Å². The van der Waals surface area contributed by atoms with E-state index in [0.29, 0.717) is 18.0 Å². The van der Waals surface area contributed by atoms with Crippen LogP contribution in [0.3, 0.4) is 0 Å². The Morgan fingerprint density at radius 3 is 2.66 bits per heavy atom. The number of aryl methyl sites for hydroxylation is 1. The molecule has 1 aliphatic heterocycles. The molecule has 1 aliphatic rings. The molecule has 1 unspecified atom stereocenters. The number of aromatic hydroxyl groups is 1. The van der Waals surface area contributed by atoms with Crippen molar-refractivity contribution in [3.05, 3.63) is 83.9 Å². The number of piperidine rings is 1. The van der Waals surface area contributed by atoms with Crippen molar-refractivity contribution in [2.24, 2.45) is 0 Å². The molecule has 0 saturated carbocycles. The van der Waals surface area contributed by atoms with E-state index >= 15 is 0 Å². The first kappa shape index (κ1) is 20.5. The van der Waals surface area contributed by atoms with E-state index < -0.39 is 0 Å². The fourth-order valence-electron chi connectivity index (χ4n) is 4.30. The van der Waals surface area contributed by atoms with Gasteiger partial charge in [-0.05, 0) is 55.2 Å².